The average Bonchev–Trinajstić information content (AvgIpc) is 2.40. The average molecular weight is 311 g/mol. The summed E-state index contributed by atoms with van der Waals surface area (Å²) in [6, 6.07) is -0.424. The van der Waals surface area contributed by atoms with Gasteiger partial charge in [0.15, 0.2) is 0 Å². The fourth-order valence-electron chi connectivity index (χ4n) is 2.33. The number of imide groups is 1. The Morgan fingerprint density at radius 2 is 2.05 bits per heavy atom. The first-order valence-corrected chi connectivity index (χ1v) is 7.37. The van der Waals surface area contributed by atoms with Crippen molar-refractivity contribution in [1.29, 1.82) is 0 Å². The smallest absolute Gasteiger partial charge is 0.249 e. The summed E-state index contributed by atoms with van der Waals surface area (Å²) in [5.41, 5.74) is 0.682. The van der Waals surface area contributed by atoms with Crippen LogP contribution in [0.3, 0.4) is 0 Å². The molecule has 21 heavy (non-hydrogen) atoms. The molecule has 114 valence electrons. The second-order valence-corrected chi connectivity index (χ2v) is 5.80. The first kappa shape index (κ1) is 15.7. The summed E-state index contributed by atoms with van der Waals surface area (Å²) in [5.74, 6) is 0.651. The third kappa shape index (κ3) is 3.00. The standard InChI is InChI=1S/C14H19ClN4O2/c1-5-9-14(21)16-10(20)6-19(9)13-8(4)11(15)17-12(18-13)7(2)3/h7,9H,5-6H2,1-4H3,(H,16,20,21). The number of piperazine rings is 1. The molecule has 2 heterocycles. The van der Waals surface area contributed by atoms with Gasteiger partial charge in [0, 0.05) is 11.5 Å². The van der Waals surface area contributed by atoms with Crippen LogP contribution in [-0.4, -0.2) is 34.4 Å². The van der Waals surface area contributed by atoms with E-state index in [2.05, 4.69) is 15.3 Å². The molecule has 1 aliphatic heterocycles. The Balaban J connectivity index is 2.52. The van der Waals surface area contributed by atoms with Crippen molar-refractivity contribution in [2.75, 3.05) is 11.4 Å². The van der Waals surface area contributed by atoms with Crippen molar-refractivity contribution in [3.05, 3.63) is 16.5 Å². The van der Waals surface area contributed by atoms with Crippen molar-refractivity contribution in [3.8, 4) is 0 Å². The molecule has 1 N–H and O–H groups in total. The van der Waals surface area contributed by atoms with E-state index < -0.39 is 6.04 Å². The van der Waals surface area contributed by atoms with Gasteiger partial charge in [0.05, 0.1) is 6.54 Å². The van der Waals surface area contributed by atoms with Gasteiger partial charge < -0.3 is 4.90 Å². The van der Waals surface area contributed by atoms with Gasteiger partial charge in [-0.3, -0.25) is 14.9 Å². The van der Waals surface area contributed by atoms with Gasteiger partial charge in [0.25, 0.3) is 0 Å². The summed E-state index contributed by atoms with van der Waals surface area (Å²) in [6.45, 7) is 7.72. The van der Waals surface area contributed by atoms with Gasteiger partial charge in [-0.25, -0.2) is 9.97 Å². The lowest BCUT2D eigenvalue weighted by Crippen LogP contribution is -2.58. The van der Waals surface area contributed by atoms with Gasteiger partial charge in [-0.2, -0.15) is 0 Å². The zero-order valence-corrected chi connectivity index (χ0v) is 13.4. The summed E-state index contributed by atoms with van der Waals surface area (Å²) in [7, 11) is 0. The van der Waals surface area contributed by atoms with E-state index in [0.29, 0.717) is 28.8 Å². The monoisotopic (exact) mass is 310 g/mol. The highest BCUT2D eigenvalue weighted by Crippen LogP contribution is 2.28. The molecule has 0 bridgehead atoms. The summed E-state index contributed by atoms with van der Waals surface area (Å²) in [4.78, 5) is 34.2. The highest BCUT2D eigenvalue weighted by molar-refractivity contribution is 6.30. The van der Waals surface area contributed by atoms with E-state index in [-0.39, 0.29) is 24.3 Å². The molecule has 6 nitrogen and oxygen atoms in total. The van der Waals surface area contributed by atoms with E-state index in [1.807, 2.05) is 20.8 Å². The van der Waals surface area contributed by atoms with Crippen LogP contribution < -0.4 is 10.2 Å². The normalized spacial score (nSPS) is 19.1. The molecular weight excluding hydrogens is 292 g/mol. The van der Waals surface area contributed by atoms with E-state index >= 15 is 0 Å². The van der Waals surface area contributed by atoms with Crippen LogP contribution in [-0.2, 0) is 9.59 Å². The number of nitrogens with one attached hydrogen (secondary N) is 1. The van der Waals surface area contributed by atoms with Gasteiger partial charge in [0.1, 0.15) is 22.8 Å². The first-order chi connectivity index (χ1) is 9.85. The van der Waals surface area contributed by atoms with Crippen molar-refractivity contribution in [3.63, 3.8) is 0 Å². The van der Waals surface area contributed by atoms with Crippen LogP contribution in [0.25, 0.3) is 0 Å². The van der Waals surface area contributed by atoms with Crippen molar-refractivity contribution < 1.29 is 9.59 Å². The minimum atomic E-state index is -0.424. The van der Waals surface area contributed by atoms with Crippen molar-refractivity contribution >= 4 is 29.2 Å². The number of hydrogen-bond acceptors (Lipinski definition) is 5. The number of amides is 2. The predicted octanol–water partition coefficient (Wildman–Crippen LogP) is 1.80. The number of carbonyl (C=O) groups excluding carboxylic acids is 2. The molecule has 0 saturated carbocycles. The van der Waals surface area contributed by atoms with Crippen LogP contribution in [0.15, 0.2) is 0 Å². The number of rotatable bonds is 3. The van der Waals surface area contributed by atoms with E-state index in [1.54, 1.807) is 11.8 Å². The lowest BCUT2D eigenvalue weighted by atomic mass is 10.1. The summed E-state index contributed by atoms with van der Waals surface area (Å²) >= 11 is 6.18. The van der Waals surface area contributed by atoms with Gasteiger partial charge >= 0.3 is 0 Å². The minimum Gasteiger partial charge on any atom is -0.335 e. The highest BCUT2D eigenvalue weighted by atomic mass is 35.5. The molecule has 0 aromatic carbocycles. The highest BCUT2D eigenvalue weighted by Gasteiger charge is 2.34. The van der Waals surface area contributed by atoms with Crippen molar-refractivity contribution in [1.82, 2.24) is 15.3 Å². The van der Waals surface area contributed by atoms with E-state index in [4.69, 9.17) is 11.6 Å². The van der Waals surface area contributed by atoms with Gasteiger partial charge in [-0.15, -0.1) is 0 Å². The second kappa shape index (κ2) is 5.97. The van der Waals surface area contributed by atoms with Crippen LogP contribution >= 0.6 is 11.6 Å². The topological polar surface area (TPSA) is 75.2 Å². The molecule has 1 aromatic rings. The van der Waals surface area contributed by atoms with E-state index in [0.717, 1.165) is 0 Å². The third-order valence-corrected chi connectivity index (χ3v) is 3.88. The number of anilines is 1. The Morgan fingerprint density at radius 1 is 1.38 bits per heavy atom. The molecule has 2 rings (SSSR count). The lowest BCUT2D eigenvalue weighted by molar-refractivity contribution is -0.132. The van der Waals surface area contributed by atoms with Crippen LogP contribution in [0, 0.1) is 6.92 Å². The largest absolute Gasteiger partial charge is 0.335 e. The molecule has 1 aromatic heterocycles. The molecule has 1 unspecified atom stereocenters. The second-order valence-electron chi connectivity index (χ2n) is 5.44. The molecule has 0 radical (unpaired) electrons. The minimum absolute atomic E-state index is 0.0932. The zero-order chi connectivity index (χ0) is 15.7. The fraction of sp³-hybridized carbons (Fsp3) is 0.571. The molecule has 0 spiro atoms. The Labute approximate surface area is 128 Å². The zero-order valence-electron chi connectivity index (χ0n) is 12.6. The molecule has 1 atom stereocenters. The number of halogens is 1. The molecule has 1 aliphatic rings. The fourth-order valence-corrected chi connectivity index (χ4v) is 2.50. The van der Waals surface area contributed by atoms with E-state index in [9.17, 15) is 9.59 Å². The van der Waals surface area contributed by atoms with Gasteiger partial charge in [-0.05, 0) is 13.3 Å². The van der Waals surface area contributed by atoms with Gasteiger partial charge in [-0.1, -0.05) is 32.4 Å². The Hall–Kier alpha value is -1.69. The van der Waals surface area contributed by atoms with E-state index in [1.165, 1.54) is 0 Å². The number of carbonyl (C=O) groups is 2. The van der Waals surface area contributed by atoms with Crippen molar-refractivity contribution in [2.45, 2.75) is 46.1 Å². The Morgan fingerprint density at radius 3 is 2.62 bits per heavy atom. The number of hydrogen-bond donors (Lipinski definition) is 1. The maximum atomic E-state index is 12.0. The molecule has 7 heteroatoms. The molecule has 0 aliphatic carbocycles. The molecule has 1 saturated heterocycles. The maximum absolute atomic E-state index is 12.0. The lowest BCUT2D eigenvalue weighted by Gasteiger charge is -2.35. The first-order valence-electron chi connectivity index (χ1n) is 6.99. The number of nitrogens with zero attached hydrogens (tertiary/aromatic N) is 3. The predicted molar refractivity (Wildman–Crippen MR) is 80.4 cm³/mol. The Bertz CT molecular complexity index is 589. The quantitative estimate of drug-likeness (QED) is 0.680. The Kier molecular flexibility index (Phi) is 4.46. The van der Waals surface area contributed by atoms with Crippen LogP contribution in [0.1, 0.15) is 44.5 Å². The third-order valence-electron chi connectivity index (χ3n) is 3.51. The summed E-state index contributed by atoms with van der Waals surface area (Å²) in [5, 5.41) is 2.71. The maximum Gasteiger partial charge on any atom is 0.249 e. The number of aromatic nitrogens is 2. The molecule has 2 amide bonds. The SMILES string of the molecule is CCC1C(=O)NC(=O)CN1c1nc(C(C)C)nc(Cl)c1C. The summed E-state index contributed by atoms with van der Waals surface area (Å²) in [6.07, 6.45) is 0.581. The van der Waals surface area contributed by atoms with Crippen LogP contribution in [0.4, 0.5) is 5.82 Å². The van der Waals surface area contributed by atoms with Crippen LogP contribution in [0.2, 0.25) is 5.15 Å². The van der Waals surface area contributed by atoms with Crippen molar-refractivity contribution in [2.24, 2.45) is 0 Å². The van der Waals surface area contributed by atoms with Crippen LogP contribution in [0.5, 0.6) is 0 Å². The molecule has 1 fully saturated rings. The van der Waals surface area contributed by atoms with Gasteiger partial charge in [0.2, 0.25) is 11.8 Å². The molecular formula is C14H19ClN4O2. The summed E-state index contributed by atoms with van der Waals surface area (Å²) < 4.78 is 0.